The molecule has 0 aliphatic carbocycles. The maximum atomic E-state index is 5.69. The Morgan fingerprint density at radius 2 is 2.06 bits per heavy atom. The molecule has 90 valence electrons. The van der Waals surface area contributed by atoms with E-state index in [0.717, 1.165) is 37.4 Å². The maximum absolute atomic E-state index is 5.69. The molecule has 1 aromatic rings. The third-order valence-electron chi connectivity index (χ3n) is 2.42. The molecule has 0 aliphatic heterocycles. The van der Waals surface area contributed by atoms with Crippen LogP contribution in [0.1, 0.15) is 25.3 Å². The van der Waals surface area contributed by atoms with E-state index in [-0.39, 0.29) is 0 Å². The molecule has 3 heteroatoms. The monoisotopic (exact) mass is 223 g/mol. The Hall–Kier alpha value is -1.22. The summed E-state index contributed by atoms with van der Waals surface area (Å²) in [6.07, 6.45) is 3.06. The van der Waals surface area contributed by atoms with Gasteiger partial charge in [0.2, 0.25) is 0 Å². The summed E-state index contributed by atoms with van der Waals surface area (Å²) in [6.45, 7) is 3.53. The van der Waals surface area contributed by atoms with Crippen LogP contribution in [0.4, 0.5) is 0 Å². The third-order valence-corrected chi connectivity index (χ3v) is 2.42. The van der Waals surface area contributed by atoms with E-state index in [9.17, 15) is 0 Å². The molecular formula is C13H21NO2. The molecule has 0 saturated heterocycles. The summed E-state index contributed by atoms with van der Waals surface area (Å²) < 4.78 is 10.9. The Bertz CT molecular complexity index is 313. The Morgan fingerprint density at radius 3 is 2.69 bits per heavy atom. The summed E-state index contributed by atoms with van der Waals surface area (Å²) in [7, 11) is 1.66. The fraction of sp³-hybridized carbons (Fsp3) is 0.538. The van der Waals surface area contributed by atoms with Gasteiger partial charge in [-0.05, 0) is 37.1 Å². The van der Waals surface area contributed by atoms with Crippen LogP contribution < -0.4 is 15.2 Å². The molecule has 0 heterocycles. The minimum atomic E-state index is 0.654. The van der Waals surface area contributed by atoms with Crippen LogP contribution in [0.5, 0.6) is 11.5 Å². The van der Waals surface area contributed by atoms with Gasteiger partial charge in [0.15, 0.2) is 11.5 Å². The van der Waals surface area contributed by atoms with Gasteiger partial charge in [-0.3, -0.25) is 0 Å². The number of hydrogen-bond acceptors (Lipinski definition) is 3. The first-order valence-electron chi connectivity index (χ1n) is 5.81. The van der Waals surface area contributed by atoms with E-state index in [0.29, 0.717) is 6.54 Å². The van der Waals surface area contributed by atoms with Crippen molar-refractivity contribution in [3.63, 3.8) is 0 Å². The molecule has 0 radical (unpaired) electrons. The number of rotatable bonds is 7. The van der Waals surface area contributed by atoms with Crippen LogP contribution in [0.25, 0.3) is 0 Å². The molecule has 0 amide bonds. The molecule has 0 unspecified atom stereocenters. The largest absolute Gasteiger partial charge is 0.493 e. The zero-order valence-corrected chi connectivity index (χ0v) is 10.2. The smallest absolute Gasteiger partial charge is 0.161 e. The van der Waals surface area contributed by atoms with Crippen LogP contribution in [0, 0.1) is 0 Å². The van der Waals surface area contributed by atoms with Gasteiger partial charge in [0, 0.05) is 0 Å². The Morgan fingerprint density at radius 1 is 1.25 bits per heavy atom. The lowest BCUT2D eigenvalue weighted by Crippen LogP contribution is -2.04. The van der Waals surface area contributed by atoms with Gasteiger partial charge in [-0.25, -0.2) is 0 Å². The highest BCUT2D eigenvalue weighted by Crippen LogP contribution is 2.28. The minimum absolute atomic E-state index is 0.654. The second kappa shape index (κ2) is 7.12. The van der Waals surface area contributed by atoms with Gasteiger partial charge in [0.1, 0.15) is 0 Å². The summed E-state index contributed by atoms with van der Waals surface area (Å²) in [5.41, 5.74) is 6.72. The van der Waals surface area contributed by atoms with Crippen LogP contribution in [0.15, 0.2) is 18.2 Å². The van der Waals surface area contributed by atoms with Crippen LogP contribution >= 0.6 is 0 Å². The van der Waals surface area contributed by atoms with Gasteiger partial charge in [-0.2, -0.15) is 0 Å². The third kappa shape index (κ3) is 3.74. The number of hydrogen-bond donors (Lipinski definition) is 1. The summed E-state index contributed by atoms with van der Waals surface area (Å²) in [4.78, 5) is 0. The van der Waals surface area contributed by atoms with Crippen molar-refractivity contribution >= 4 is 0 Å². The lowest BCUT2D eigenvalue weighted by atomic mass is 10.1. The summed E-state index contributed by atoms with van der Waals surface area (Å²) in [5, 5.41) is 0. The van der Waals surface area contributed by atoms with Gasteiger partial charge in [-0.15, -0.1) is 0 Å². The van der Waals surface area contributed by atoms with E-state index in [2.05, 4.69) is 6.92 Å². The first kappa shape index (κ1) is 12.8. The predicted octanol–water partition coefficient (Wildman–Crippen LogP) is 2.38. The lowest BCUT2D eigenvalue weighted by Gasteiger charge is -2.11. The SMILES string of the molecule is CCCCOc1cc(CCN)ccc1OC. The van der Waals surface area contributed by atoms with E-state index >= 15 is 0 Å². The molecule has 16 heavy (non-hydrogen) atoms. The fourth-order valence-electron chi connectivity index (χ4n) is 1.48. The molecule has 1 rings (SSSR count). The zero-order chi connectivity index (χ0) is 11.8. The molecular weight excluding hydrogens is 202 g/mol. The van der Waals surface area contributed by atoms with Gasteiger partial charge < -0.3 is 15.2 Å². The Kier molecular flexibility index (Phi) is 5.72. The van der Waals surface area contributed by atoms with Crippen LogP contribution in [0.2, 0.25) is 0 Å². The second-order valence-corrected chi connectivity index (χ2v) is 3.73. The normalized spacial score (nSPS) is 10.2. The van der Waals surface area contributed by atoms with Gasteiger partial charge in [0.05, 0.1) is 13.7 Å². The molecule has 0 bridgehead atoms. The molecule has 2 N–H and O–H groups in total. The van der Waals surface area contributed by atoms with Crippen LogP contribution in [-0.4, -0.2) is 20.3 Å². The van der Waals surface area contributed by atoms with Crippen molar-refractivity contribution in [1.82, 2.24) is 0 Å². The predicted molar refractivity (Wildman–Crippen MR) is 66.2 cm³/mol. The Balaban J connectivity index is 2.72. The first-order chi connectivity index (χ1) is 7.81. The van der Waals surface area contributed by atoms with Crippen molar-refractivity contribution in [2.45, 2.75) is 26.2 Å². The molecule has 0 atom stereocenters. The van der Waals surface area contributed by atoms with Gasteiger partial charge in [0.25, 0.3) is 0 Å². The zero-order valence-electron chi connectivity index (χ0n) is 10.2. The van der Waals surface area contributed by atoms with E-state index in [1.165, 1.54) is 5.56 Å². The molecule has 0 saturated carbocycles. The van der Waals surface area contributed by atoms with E-state index in [1.54, 1.807) is 7.11 Å². The number of nitrogens with two attached hydrogens (primary N) is 1. The average molecular weight is 223 g/mol. The van der Waals surface area contributed by atoms with E-state index in [4.69, 9.17) is 15.2 Å². The quantitative estimate of drug-likeness (QED) is 0.722. The number of ether oxygens (including phenoxy) is 2. The average Bonchev–Trinajstić information content (AvgIpc) is 2.30. The molecule has 0 aromatic heterocycles. The standard InChI is InChI=1S/C13H21NO2/c1-3-4-9-16-13-10-11(7-8-14)5-6-12(13)15-2/h5-6,10H,3-4,7-9,14H2,1-2H3. The molecule has 1 aromatic carbocycles. The van der Waals surface area contributed by atoms with E-state index < -0.39 is 0 Å². The van der Waals surface area contributed by atoms with Crippen molar-refractivity contribution in [2.24, 2.45) is 5.73 Å². The van der Waals surface area contributed by atoms with Crippen molar-refractivity contribution in [2.75, 3.05) is 20.3 Å². The fourth-order valence-corrected chi connectivity index (χ4v) is 1.48. The molecule has 0 spiro atoms. The van der Waals surface area contributed by atoms with Crippen LogP contribution in [-0.2, 0) is 6.42 Å². The maximum Gasteiger partial charge on any atom is 0.161 e. The van der Waals surface area contributed by atoms with Crippen molar-refractivity contribution < 1.29 is 9.47 Å². The van der Waals surface area contributed by atoms with Crippen molar-refractivity contribution in [1.29, 1.82) is 0 Å². The first-order valence-corrected chi connectivity index (χ1v) is 5.81. The summed E-state index contributed by atoms with van der Waals surface area (Å²) in [6, 6.07) is 5.98. The Labute approximate surface area is 97.6 Å². The summed E-state index contributed by atoms with van der Waals surface area (Å²) >= 11 is 0. The molecule has 3 nitrogen and oxygen atoms in total. The van der Waals surface area contributed by atoms with E-state index in [1.807, 2.05) is 18.2 Å². The van der Waals surface area contributed by atoms with Gasteiger partial charge >= 0.3 is 0 Å². The van der Waals surface area contributed by atoms with Gasteiger partial charge in [-0.1, -0.05) is 19.4 Å². The lowest BCUT2D eigenvalue weighted by molar-refractivity contribution is 0.288. The highest BCUT2D eigenvalue weighted by Gasteiger charge is 2.05. The van der Waals surface area contributed by atoms with Crippen LogP contribution in [0.3, 0.4) is 0 Å². The molecule has 0 aliphatic rings. The highest BCUT2D eigenvalue weighted by molar-refractivity contribution is 5.43. The number of unbranched alkanes of at least 4 members (excludes halogenated alkanes) is 1. The van der Waals surface area contributed by atoms with Crippen molar-refractivity contribution in [3.05, 3.63) is 23.8 Å². The number of methoxy groups -OCH3 is 1. The molecule has 0 fully saturated rings. The topological polar surface area (TPSA) is 44.5 Å². The second-order valence-electron chi connectivity index (χ2n) is 3.73. The highest BCUT2D eigenvalue weighted by atomic mass is 16.5. The van der Waals surface area contributed by atoms with Crippen molar-refractivity contribution in [3.8, 4) is 11.5 Å². The number of benzene rings is 1. The minimum Gasteiger partial charge on any atom is -0.493 e. The summed E-state index contributed by atoms with van der Waals surface area (Å²) in [5.74, 6) is 1.61.